The number of fused-ring (bicyclic) bond motifs is 2. The molecule has 122 valence electrons. The van der Waals surface area contributed by atoms with Gasteiger partial charge in [-0.15, -0.1) is 0 Å². The van der Waals surface area contributed by atoms with Crippen LogP contribution in [0.1, 0.15) is 23.2 Å². The average molecular weight is 324 g/mol. The Morgan fingerprint density at radius 2 is 2.17 bits per heavy atom. The Kier molecular flexibility index (Phi) is 2.84. The van der Waals surface area contributed by atoms with Crippen LogP contribution in [0.15, 0.2) is 27.9 Å². The number of nitrogens with zero attached hydrogens (tertiary/aromatic N) is 5. The molecule has 2 aliphatic rings. The lowest BCUT2D eigenvalue weighted by atomic mass is 10.2. The summed E-state index contributed by atoms with van der Waals surface area (Å²) in [6.07, 6.45) is 3.14. The summed E-state index contributed by atoms with van der Waals surface area (Å²) in [7, 11) is 0. The lowest BCUT2D eigenvalue weighted by Gasteiger charge is -2.04. The molecule has 0 aromatic carbocycles. The predicted molar refractivity (Wildman–Crippen MR) is 84.5 cm³/mol. The summed E-state index contributed by atoms with van der Waals surface area (Å²) in [5.41, 5.74) is 1.18. The van der Waals surface area contributed by atoms with Crippen LogP contribution in [0.2, 0.25) is 0 Å². The van der Waals surface area contributed by atoms with E-state index in [1.807, 2.05) is 6.92 Å². The third-order valence-corrected chi connectivity index (χ3v) is 5.11. The molecule has 2 unspecified atom stereocenters. The van der Waals surface area contributed by atoms with Gasteiger partial charge in [0.2, 0.25) is 5.89 Å². The molecule has 0 radical (unpaired) electrons. The van der Waals surface area contributed by atoms with Crippen LogP contribution in [0.4, 0.5) is 0 Å². The molecule has 1 saturated heterocycles. The molecular weight excluding hydrogens is 308 g/mol. The Labute approximate surface area is 136 Å². The number of aryl methyl sites for hydroxylation is 1. The van der Waals surface area contributed by atoms with Gasteiger partial charge in [0.25, 0.3) is 5.56 Å². The van der Waals surface area contributed by atoms with E-state index >= 15 is 0 Å². The number of hydrogen-bond acceptors (Lipinski definition) is 7. The van der Waals surface area contributed by atoms with E-state index in [9.17, 15) is 4.79 Å². The van der Waals surface area contributed by atoms with Crippen molar-refractivity contribution in [2.75, 3.05) is 13.1 Å². The van der Waals surface area contributed by atoms with Gasteiger partial charge in [-0.2, -0.15) is 4.98 Å². The number of piperidine rings is 1. The summed E-state index contributed by atoms with van der Waals surface area (Å²) in [4.78, 5) is 25.5. The molecule has 0 spiro atoms. The van der Waals surface area contributed by atoms with Gasteiger partial charge in [-0.05, 0) is 43.5 Å². The molecule has 1 aliphatic carbocycles. The summed E-state index contributed by atoms with van der Waals surface area (Å²) in [5, 5.41) is 7.99. The van der Waals surface area contributed by atoms with Crippen LogP contribution < -0.4 is 10.9 Å². The SMILES string of the molecule is Cc1ccnc2ncn(Cc3nc(C4C5CNCC54)no3)c(=O)c12. The third-order valence-electron chi connectivity index (χ3n) is 5.11. The van der Waals surface area contributed by atoms with Crippen molar-refractivity contribution in [2.24, 2.45) is 11.8 Å². The van der Waals surface area contributed by atoms with Crippen molar-refractivity contribution in [2.45, 2.75) is 19.4 Å². The fourth-order valence-corrected chi connectivity index (χ4v) is 3.75. The van der Waals surface area contributed by atoms with Crippen molar-refractivity contribution in [1.29, 1.82) is 0 Å². The number of hydrogen-bond donors (Lipinski definition) is 1. The summed E-state index contributed by atoms with van der Waals surface area (Å²) in [6.45, 7) is 4.16. The number of aromatic nitrogens is 5. The first-order valence-electron chi connectivity index (χ1n) is 8.06. The van der Waals surface area contributed by atoms with E-state index < -0.39 is 0 Å². The number of nitrogens with one attached hydrogen (secondary N) is 1. The highest BCUT2D eigenvalue weighted by Crippen LogP contribution is 2.54. The second kappa shape index (κ2) is 4.94. The van der Waals surface area contributed by atoms with Crippen molar-refractivity contribution in [3.05, 3.63) is 46.2 Å². The second-order valence-electron chi connectivity index (χ2n) is 6.56. The van der Waals surface area contributed by atoms with E-state index in [-0.39, 0.29) is 12.1 Å². The van der Waals surface area contributed by atoms with Crippen molar-refractivity contribution < 1.29 is 4.52 Å². The molecule has 1 N–H and O–H groups in total. The second-order valence-corrected chi connectivity index (χ2v) is 6.56. The van der Waals surface area contributed by atoms with E-state index in [0.717, 1.165) is 24.5 Å². The normalized spacial score (nSPS) is 25.1. The average Bonchev–Trinajstić information content (AvgIpc) is 2.95. The molecule has 8 heteroatoms. The molecule has 5 rings (SSSR count). The van der Waals surface area contributed by atoms with Crippen LogP contribution in [-0.4, -0.2) is 37.8 Å². The first-order valence-corrected chi connectivity index (χ1v) is 8.06. The predicted octanol–water partition coefficient (Wildman–Crippen LogP) is 0.464. The van der Waals surface area contributed by atoms with Gasteiger partial charge < -0.3 is 9.84 Å². The van der Waals surface area contributed by atoms with E-state index in [1.165, 1.54) is 10.9 Å². The zero-order chi connectivity index (χ0) is 16.3. The van der Waals surface area contributed by atoms with Crippen LogP contribution >= 0.6 is 0 Å². The van der Waals surface area contributed by atoms with E-state index in [4.69, 9.17) is 4.52 Å². The third kappa shape index (κ3) is 1.99. The highest BCUT2D eigenvalue weighted by Gasteiger charge is 2.55. The van der Waals surface area contributed by atoms with Gasteiger partial charge in [-0.3, -0.25) is 9.36 Å². The van der Waals surface area contributed by atoms with Crippen molar-refractivity contribution >= 4 is 11.0 Å². The number of pyridine rings is 1. The topological polar surface area (TPSA) is 98.7 Å². The van der Waals surface area contributed by atoms with E-state index in [1.54, 1.807) is 12.3 Å². The van der Waals surface area contributed by atoms with Crippen molar-refractivity contribution in [3.8, 4) is 0 Å². The minimum atomic E-state index is -0.141. The van der Waals surface area contributed by atoms with Gasteiger partial charge in [-0.1, -0.05) is 5.16 Å². The molecule has 2 atom stereocenters. The van der Waals surface area contributed by atoms with Crippen LogP contribution in [0.3, 0.4) is 0 Å². The Morgan fingerprint density at radius 1 is 1.33 bits per heavy atom. The van der Waals surface area contributed by atoms with Crippen LogP contribution in [0.25, 0.3) is 11.0 Å². The molecule has 8 nitrogen and oxygen atoms in total. The lowest BCUT2D eigenvalue weighted by molar-refractivity contribution is 0.363. The largest absolute Gasteiger partial charge is 0.337 e. The molecule has 0 bridgehead atoms. The Hall–Kier alpha value is -2.61. The standard InChI is InChI=1S/C16H16N6O2/c1-8-2-3-18-14-12(8)16(23)22(7-19-14)6-11-20-15(21-24-11)13-9-4-17-5-10(9)13/h2-3,7,9-10,13,17H,4-6H2,1H3. The van der Waals surface area contributed by atoms with Gasteiger partial charge in [0.1, 0.15) is 12.9 Å². The van der Waals surface area contributed by atoms with Gasteiger partial charge in [0.05, 0.1) is 5.39 Å². The highest BCUT2D eigenvalue weighted by molar-refractivity contribution is 5.76. The molecule has 2 fully saturated rings. The van der Waals surface area contributed by atoms with Gasteiger partial charge in [-0.25, -0.2) is 9.97 Å². The fourth-order valence-electron chi connectivity index (χ4n) is 3.75. The van der Waals surface area contributed by atoms with Gasteiger partial charge >= 0.3 is 0 Å². The van der Waals surface area contributed by atoms with Crippen LogP contribution in [-0.2, 0) is 6.54 Å². The number of rotatable bonds is 3. The fraction of sp³-hybridized carbons (Fsp3) is 0.438. The quantitative estimate of drug-likeness (QED) is 0.747. The van der Waals surface area contributed by atoms with Crippen molar-refractivity contribution in [1.82, 2.24) is 30.0 Å². The molecule has 3 aromatic heterocycles. The van der Waals surface area contributed by atoms with Gasteiger partial charge in [0.15, 0.2) is 11.5 Å². The summed E-state index contributed by atoms with van der Waals surface area (Å²) < 4.78 is 6.84. The lowest BCUT2D eigenvalue weighted by Crippen LogP contribution is -2.22. The Bertz CT molecular complexity index is 984. The van der Waals surface area contributed by atoms with E-state index in [2.05, 4.69) is 25.4 Å². The zero-order valence-corrected chi connectivity index (χ0v) is 13.1. The van der Waals surface area contributed by atoms with Crippen LogP contribution in [0.5, 0.6) is 0 Å². The summed E-state index contributed by atoms with van der Waals surface area (Å²) >= 11 is 0. The Morgan fingerprint density at radius 3 is 3.00 bits per heavy atom. The molecule has 24 heavy (non-hydrogen) atoms. The molecule has 1 aliphatic heterocycles. The first-order chi connectivity index (χ1) is 11.7. The maximum atomic E-state index is 12.7. The van der Waals surface area contributed by atoms with Crippen LogP contribution in [0, 0.1) is 18.8 Å². The van der Waals surface area contributed by atoms with E-state index in [0.29, 0.717) is 34.7 Å². The minimum absolute atomic E-state index is 0.141. The summed E-state index contributed by atoms with van der Waals surface area (Å²) in [5.74, 6) is 2.87. The molecular formula is C16H16N6O2. The molecule has 3 aromatic rings. The highest BCUT2D eigenvalue weighted by atomic mass is 16.5. The monoisotopic (exact) mass is 324 g/mol. The first kappa shape index (κ1) is 13.8. The smallest absolute Gasteiger partial charge is 0.263 e. The molecule has 0 amide bonds. The Balaban J connectivity index is 1.45. The van der Waals surface area contributed by atoms with Crippen molar-refractivity contribution in [3.63, 3.8) is 0 Å². The minimum Gasteiger partial charge on any atom is -0.337 e. The summed E-state index contributed by atoms with van der Waals surface area (Å²) in [6, 6.07) is 1.81. The maximum Gasteiger partial charge on any atom is 0.263 e. The molecule has 4 heterocycles. The van der Waals surface area contributed by atoms with Gasteiger partial charge in [0, 0.05) is 12.1 Å². The zero-order valence-electron chi connectivity index (χ0n) is 13.1. The maximum absolute atomic E-state index is 12.7. The molecule has 1 saturated carbocycles.